The zero-order chi connectivity index (χ0) is 19.3. The van der Waals surface area contributed by atoms with E-state index in [9.17, 15) is 9.18 Å². The highest BCUT2D eigenvalue weighted by Gasteiger charge is 2.25. The van der Waals surface area contributed by atoms with Gasteiger partial charge in [0.05, 0.1) is 12.1 Å². The van der Waals surface area contributed by atoms with Crippen molar-refractivity contribution in [2.45, 2.75) is 25.2 Å². The van der Waals surface area contributed by atoms with Crippen molar-refractivity contribution in [2.75, 3.05) is 13.1 Å². The van der Waals surface area contributed by atoms with Crippen molar-refractivity contribution in [1.29, 1.82) is 0 Å². The SMILES string of the molecule is O=C(Cc1cccnc1)N1CCC[C@@H](c2cccc(-c3cccc(F)c3)n2)C1. The smallest absolute Gasteiger partial charge is 0.227 e. The van der Waals surface area contributed by atoms with Crippen LogP contribution in [0.2, 0.25) is 0 Å². The molecule has 0 spiro atoms. The summed E-state index contributed by atoms with van der Waals surface area (Å²) in [5.41, 5.74) is 3.42. The first-order chi connectivity index (χ1) is 13.7. The zero-order valence-corrected chi connectivity index (χ0v) is 15.6. The van der Waals surface area contributed by atoms with Crippen LogP contribution < -0.4 is 0 Å². The van der Waals surface area contributed by atoms with Gasteiger partial charge in [-0.15, -0.1) is 0 Å². The highest BCUT2D eigenvalue weighted by molar-refractivity contribution is 5.78. The van der Waals surface area contributed by atoms with Gasteiger partial charge in [-0.25, -0.2) is 4.39 Å². The van der Waals surface area contributed by atoms with E-state index >= 15 is 0 Å². The third-order valence-electron chi connectivity index (χ3n) is 5.16. The molecule has 1 aliphatic rings. The Kier molecular flexibility index (Phi) is 5.42. The number of halogens is 1. The lowest BCUT2D eigenvalue weighted by Gasteiger charge is -2.32. The first-order valence-corrected chi connectivity index (χ1v) is 9.58. The van der Waals surface area contributed by atoms with Crippen LogP contribution in [0.15, 0.2) is 67.0 Å². The van der Waals surface area contributed by atoms with E-state index in [1.165, 1.54) is 12.1 Å². The van der Waals surface area contributed by atoms with Gasteiger partial charge in [0.1, 0.15) is 5.82 Å². The van der Waals surface area contributed by atoms with E-state index in [1.54, 1.807) is 18.5 Å². The highest BCUT2D eigenvalue weighted by atomic mass is 19.1. The second-order valence-electron chi connectivity index (χ2n) is 7.17. The molecule has 1 fully saturated rings. The van der Waals surface area contributed by atoms with Crippen molar-refractivity contribution in [2.24, 2.45) is 0 Å². The monoisotopic (exact) mass is 375 g/mol. The Balaban J connectivity index is 1.49. The van der Waals surface area contributed by atoms with E-state index < -0.39 is 0 Å². The standard InChI is InChI=1S/C23H22FN3O/c24-20-8-1-6-18(14-20)21-9-2-10-22(26-21)19-7-4-12-27(16-19)23(28)13-17-5-3-11-25-15-17/h1-3,5-6,8-11,14-15,19H,4,7,12-13,16H2/t19-/m1/s1. The number of rotatable bonds is 4. The summed E-state index contributed by atoms with van der Waals surface area (Å²) in [5.74, 6) is 0.0497. The van der Waals surface area contributed by atoms with Gasteiger partial charge in [0.15, 0.2) is 0 Å². The van der Waals surface area contributed by atoms with Gasteiger partial charge in [-0.05, 0) is 48.7 Å². The number of piperidine rings is 1. The molecule has 0 bridgehead atoms. The van der Waals surface area contributed by atoms with Gasteiger partial charge in [0, 0.05) is 42.7 Å². The van der Waals surface area contributed by atoms with Crippen molar-refractivity contribution >= 4 is 5.91 Å². The fraction of sp³-hybridized carbons (Fsp3) is 0.261. The normalized spacial score (nSPS) is 16.8. The number of carbonyl (C=O) groups excluding carboxylic acids is 1. The molecule has 4 rings (SSSR count). The summed E-state index contributed by atoms with van der Waals surface area (Å²) in [6.07, 6.45) is 5.77. The quantitative estimate of drug-likeness (QED) is 0.685. The molecule has 3 aromatic rings. The van der Waals surface area contributed by atoms with Crippen LogP contribution in [0.25, 0.3) is 11.3 Å². The molecule has 0 saturated carbocycles. The fourth-order valence-electron chi connectivity index (χ4n) is 3.72. The Bertz CT molecular complexity index is 961. The first kappa shape index (κ1) is 18.3. The lowest BCUT2D eigenvalue weighted by Crippen LogP contribution is -2.40. The van der Waals surface area contributed by atoms with Crippen LogP contribution in [0.4, 0.5) is 4.39 Å². The minimum Gasteiger partial charge on any atom is -0.342 e. The molecule has 0 aliphatic carbocycles. The molecule has 0 N–H and O–H groups in total. The Morgan fingerprint density at radius 2 is 2.04 bits per heavy atom. The van der Waals surface area contributed by atoms with Gasteiger partial charge in [-0.2, -0.15) is 0 Å². The Morgan fingerprint density at radius 1 is 1.14 bits per heavy atom. The van der Waals surface area contributed by atoms with Crippen LogP contribution in [-0.4, -0.2) is 33.9 Å². The van der Waals surface area contributed by atoms with Crippen LogP contribution in [0, 0.1) is 5.82 Å². The van der Waals surface area contributed by atoms with Gasteiger partial charge in [0.2, 0.25) is 5.91 Å². The van der Waals surface area contributed by atoms with E-state index in [2.05, 4.69) is 4.98 Å². The van der Waals surface area contributed by atoms with Crippen LogP contribution >= 0.6 is 0 Å². The number of hydrogen-bond donors (Lipinski definition) is 0. The third-order valence-corrected chi connectivity index (χ3v) is 5.16. The number of amides is 1. The van der Waals surface area contributed by atoms with E-state index in [1.807, 2.05) is 41.3 Å². The molecule has 28 heavy (non-hydrogen) atoms. The average Bonchev–Trinajstić information content (AvgIpc) is 2.75. The zero-order valence-electron chi connectivity index (χ0n) is 15.6. The molecule has 142 valence electrons. The number of benzene rings is 1. The molecular weight excluding hydrogens is 353 g/mol. The maximum absolute atomic E-state index is 13.6. The van der Waals surface area contributed by atoms with Crippen molar-refractivity contribution in [3.8, 4) is 11.3 Å². The molecule has 5 heteroatoms. The van der Waals surface area contributed by atoms with Crippen molar-refractivity contribution in [1.82, 2.24) is 14.9 Å². The lowest BCUT2D eigenvalue weighted by atomic mass is 9.93. The third kappa shape index (κ3) is 4.25. The minimum absolute atomic E-state index is 0.124. The summed E-state index contributed by atoms with van der Waals surface area (Å²) in [5, 5.41) is 0. The molecule has 3 heterocycles. The summed E-state index contributed by atoms with van der Waals surface area (Å²) < 4.78 is 13.6. The van der Waals surface area contributed by atoms with Crippen LogP contribution in [0.1, 0.15) is 30.0 Å². The molecule has 1 atom stereocenters. The lowest BCUT2D eigenvalue weighted by molar-refractivity contribution is -0.131. The first-order valence-electron chi connectivity index (χ1n) is 9.58. The molecule has 1 aromatic carbocycles. The molecule has 0 radical (unpaired) electrons. The maximum atomic E-state index is 13.6. The molecule has 0 unspecified atom stereocenters. The number of hydrogen-bond acceptors (Lipinski definition) is 3. The van der Waals surface area contributed by atoms with E-state index in [0.717, 1.165) is 41.9 Å². The number of likely N-dealkylation sites (tertiary alicyclic amines) is 1. The van der Waals surface area contributed by atoms with Crippen LogP contribution in [-0.2, 0) is 11.2 Å². The Labute approximate surface area is 164 Å². The fourth-order valence-corrected chi connectivity index (χ4v) is 3.72. The van der Waals surface area contributed by atoms with Gasteiger partial charge in [-0.1, -0.05) is 24.3 Å². The number of aromatic nitrogens is 2. The van der Waals surface area contributed by atoms with E-state index in [0.29, 0.717) is 13.0 Å². The summed E-state index contributed by atoms with van der Waals surface area (Å²) in [4.78, 5) is 23.5. The van der Waals surface area contributed by atoms with E-state index in [-0.39, 0.29) is 17.6 Å². The molecular formula is C23H22FN3O. The molecule has 1 saturated heterocycles. The van der Waals surface area contributed by atoms with Crippen LogP contribution in [0.3, 0.4) is 0 Å². The second kappa shape index (κ2) is 8.30. The summed E-state index contributed by atoms with van der Waals surface area (Å²) in [6, 6.07) is 16.1. The number of carbonyl (C=O) groups is 1. The minimum atomic E-state index is -0.269. The number of pyridine rings is 2. The molecule has 1 aliphatic heterocycles. The largest absolute Gasteiger partial charge is 0.342 e. The predicted molar refractivity (Wildman–Crippen MR) is 106 cm³/mol. The molecule has 4 nitrogen and oxygen atoms in total. The highest BCUT2D eigenvalue weighted by Crippen LogP contribution is 2.28. The predicted octanol–water partition coefficient (Wildman–Crippen LogP) is 4.23. The topological polar surface area (TPSA) is 46.1 Å². The van der Waals surface area contributed by atoms with Gasteiger partial charge >= 0.3 is 0 Å². The van der Waals surface area contributed by atoms with Gasteiger partial charge in [0.25, 0.3) is 0 Å². The average molecular weight is 375 g/mol. The molecule has 1 amide bonds. The van der Waals surface area contributed by atoms with E-state index in [4.69, 9.17) is 4.98 Å². The van der Waals surface area contributed by atoms with Crippen molar-refractivity contribution in [3.05, 3.63) is 84.1 Å². The van der Waals surface area contributed by atoms with Crippen LogP contribution in [0.5, 0.6) is 0 Å². The van der Waals surface area contributed by atoms with Gasteiger partial charge in [-0.3, -0.25) is 14.8 Å². The summed E-state index contributed by atoms with van der Waals surface area (Å²) in [7, 11) is 0. The van der Waals surface area contributed by atoms with Crippen molar-refractivity contribution < 1.29 is 9.18 Å². The molecule has 2 aromatic heterocycles. The summed E-state index contributed by atoms with van der Waals surface area (Å²) in [6.45, 7) is 1.44. The van der Waals surface area contributed by atoms with Crippen molar-refractivity contribution in [3.63, 3.8) is 0 Å². The Morgan fingerprint density at radius 3 is 2.86 bits per heavy atom. The summed E-state index contributed by atoms with van der Waals surface area (Å²) >= 11 is 0. The maximum Gasteiger partial charge on any atom is 0.227 e. The number of nitrogens with zero attached hydrogens (tertiary/aromatic N) is 3. The Hall–Kier alpha value is -3.08. The van der Waals surface area contributed by atoms with Gasteiger partial charge < -0.3 is 4.90 Å². The second-order valence-corrected chi connectivity index (χ2v) is 7.17.